The Bertz CT molecular complexity index is 368. The van der Waals surface area contributed by atoms with E-state index in [1.807, 2.05) is 24.9 Å². The van der Waals surface area contributed by atoms with E-state index < -0.39 is 0 Å². The predicted molar refractivity (Wildman–Crippen MR) is 75.2 cm³/mol. The van der Waals surface area contributed by atoms with E-state index in [0.717, 1.165) is 11.3 Å². The van der Waals surface area contributed by atoms with Crippen molar-refractivity contribution in [2.45, 2.75) is 25.9 Å². The first-order chi connectivity index (χ1) is 7.99. The third-order valence-electron chi connectivity index (χ3n) is 2.93. The summed E-state index contributed by atoms with van der Waals surface area (Å²) in [6, 6.07) is 5.21. The average Bonchev–Trinajstić information content (AvgIpc) is 2.28. The molecule has 0 heterocycles. The first kappa shape index (κ1) is 14.3. The molecule has 4 heteroatoms. The van der Waals surface area contributed by atoms with Gasteiger partial charge in [0.2, 0.25) is 0 Å². The highest BCUT2D eigenvalue weighted by molar-refractivity contribution is 7.98. The van der Waals surface area contributed by atoms with Gasteiger partial charge in [-0.05, 0) is 31.7 Å². The van der Waals surface area contributed by atoms with E-state index in [1.165, 1.54) is 6.07 Å². The summed E-state index contributed by atoms with van der Waals surface area (Å²) in [6.07, 6.45) is 2.05. The maximum Gasteiger partial charge on any atom is 0.146 e. The van der Waals surface area contributed by atoms with Gasteiger partial charge in [0.25, 0.3) is 0 Å². The number of hydrogen-bond donors (Lipinski definition) is 1. The van der Waals surface area contributed by atoms with Crippen molar-refractivity contribution in [3.63, 3.8) is 0 Å². The van der Waals surface area contributed by atoms with Crippen molar-refractivity contribution in [1.82, 2.24) is 0 Å². The molecule has 1 unspecified atom stereocenters. The van der Waals surface area contributed by atoms with Gasteiger partial charge in [0.05, 0.1) is 5.69 Å². The molecule has 0 saturated carbocycles. The van der Waals surface area contributed by atoms with Gasteiger partial charge in [-0.25, -0.2) is 4.39 Å². The molecule has 1 rings (SSSR count). The van der Waals surface area contributed by atoms with E-state index in [1.54, 1.807) is 17.8 Å². The number of anilines is 1. The number of benzene rings is 1. The SMILES string of the molecule is CSCC(C)N(C)c1c(F)cccc1[C@@H](C)N. The van der Waals surface area contributed by atoms with Gasteiger partial charge in [-0.15, -0.1) is 0 Å². The molecule has 0 spiro atoms. The van der Waals surface area contributed by atoms with Crippen molar-refractivity contribution in [2.24, 2.45) is 5.73 Å². The number of para-hydroxylation sites is 1. The molecule has 0 aliphatic rings. The van der Waals surface area contributed by atoms with Gasteiger partial charge in [0, 0.05) is 24.9 Å². The summed E-state index contributed by atoms with van der Waals surface area (Å²) in [6.45, 7) is 3.97. The van der Waals surface area contributed by atoms with E-state index in [2.05, 4.69) is 13.2 Å². The molecule has 0 amide bonds. The highest BCUT2D eigenvalue weighted by Crippen LogP contribution is 2.29. The van der Waals surface area contributed by atoms with Crippen LogP contribution in [0.1, 0.15) is 25.5 Å². The van der Waals surface area contributed by atoms with Gasteiger partial charge in [-0.3, -0.25) is 0 Å². The molecule has 96 valence electrons. The van der Waals surface area contributed by atoms with Crippen LogP contribution in [-0.2, 0) is 0 Å². The topological polar surface area (TPSA) is 29.3 Å². The Hall–Kier alpha value is -0.740. The summed E-state index contributed by atoms with van der Waals surface area (Å²) in [4.78, 5) is 1.98. The maximum absolute atomic E-state index is 14.0. The van der Waals surface area contributed by atoms with Crippen molar-refractivity contribution < 1.29 is 4.39 Å². The molecule has 0 bridgehead atoms. The smallest absolute Gasteiger partial charge is 0.146 e. The van der Waals surface area contributed by atoms with Crippen LogP contribution in [-0.4, -0.2) is 25.1 Å². The molecular formula is C13H21FN2S. The normalized spacial score (nSPS) is 14.5. The fourth-order valence-electron chi connectivity index (χ4n) is 1.84. The fourth-order valence-corrected chi connectivity index (χ4v) is 2.55. The number of nitrogens with two attached hydrogens (primary N) is 1. The fraction of sp³-hybridized carbons (Fsp3) is 0.538. The molecule has 1 aromatic carbocycles. The molecule has 0 saturated heterocycles. The molecule has 2 nitrogen and oxygen atoms in total. The van der Waals surface area contributed by atoms with Gasteiger partial charge in [-0.2, -0.15) is 11.8 Å². The van der Waals surface area contributed by atoms with Crippen molar-refractivity contribution in [1.29, 1.82) is 0 Å². The zero-order valence-electron chi connectivity index (χ0n) is 10.9. The third-order valence-corrected chi connectivity index (χ3v) is 3.75. The number of nitrogens with zero attached hydrogens (tertiary/aromatic N) is 1. The lowest BCUT2D eigenvalue weighted by molar-refractivity contribution is 0.608. The number of halogens is 1. The summed E-state index contributed by atoms with van der Waals surface area (Å²) in [5.41, 5.74) is 7.39. The number of hydrogen-bond acceptors (Lipinski definition) is 3. The minimum absolute atomic E-state index is 0.162. The Kier molecular flexibility index (Phi) is 5.28. The Balaban J connectivity index is 3.10. The van der Waals surface area contributed by atoms with E-state index >= 15 is 0 Å². The van der Waals surface area contributed by atoms with Crippen LogP contribution in [0.2, 0.25) is 0 Å². The van der Waals surface area contributed by atoms with Crippen molar-refractivity contribution in [3.05, 3.63) is 29.6 Å². The largest absolute Gasteiger partial charge is 0.368 e. The molecule has 2 N–H and O–H groups in total. The van der Waals surface area contributed by atoms with Crippen LogP contribution in [0.4, 0.5) is 10.1 Å². The minimum Gasteiger partial charge on any atom is -0.368 e. The standard InChI is InChI=1S/C13H21FN2S/c1-9(8-17-4)16(3)13-11(10(2)15)6-5-7-12(13)14/h5-7,9-10H,8,15H2,1-4H3/t9?,10-/m1/s1. The van der Waals surface area contributed by atoms with Gasteiger partial charge >= 0.3 is 0 Å². The molecule has 17 heavy (non-hydrogen) atoms. The van der Waals surface area contributed by atoms with Crippen molar-refractivity contribution in [3.8, 4) is 0 Å². The van der Waals surface area contributed by atoms with E-state index in [9.17, 15) is 4.39 Å². The molecule has 0 radical (unpaired) electrons. The van der Waals surface area contributed by atoms with Gasteiger partial charge in [0.1, 0.15) is 5.82 Å². The Morgan fingerprint density at radius 3 is 2.59 bits per heavy atom. The number of rotatable bonds is 5. The van der Waals surface area contributed by atoms with Crippen LogP contribution in [0.25, 0.3) is 0 Å². The summed E-state index contributed by atoms with van der Waals surface area (Å²) in [5.74, 6) is 0.763. The van der Waals surface area contributed by atoms with E-state index in [0.29, 0.717) is 5.69 Å². The van der Waals surface area contributed by atoms with Crippen LogP contribution in [0.5, 0.6) is 0 Å². The second-order valence-corrected chi connectivity index (χ2v) is 5.29. The molecule has 0 aliphatic carbocycles. The molecule has 1 aromatic rings. The van der Waals surface area contributed by atoms with Crippen molar-refractivity contribution >= 4 is 17.4 Å². The minimum atomic E-state index is -0.199. The molecule has 0 fully saturated rings. The predicted octanol–water partition coefficient (Wildman–Crippen LogP) is 3.03. The van der Waals surface area contributed by atoms with Gasteiger partial charge in [0.15, 0.2) is 0 Å². The van der Waals surface area contributed by atoms with Gasteiger partial charge in [-0.1, -0.05) is 12.1 Å². The van der Waals surface area contributed by atoms with Gasteiger partial charge < -0.3 is 10.6 Å². The van der Waals surface area contributed by atoms with E-state index in [-0.39, 0.29) is 17.9 Å². The Labute approximate surface area is 107 Å². The third kappa shape index (κ3) is 3.36. The highest BCUT2D eigenvalue weighted by atomic mass is 32.2. The second-order valence-electron chi connectivity index (χ2n) is 4.38. The first-order valence-electron chi connectivity index (χ1n) is 5.74. The van der Waals surface area contributed by atoms with Crippen LogP contribution in [0, 0.1) is 5.82 Å². The average molecular weight is 256 g/mol. The lowest BCUT2D eigenvalue weighted by atomic mass is 10.0. The quantitative estimate of drug-likeness (QED) is 0.878. The van der Waals surface area contributed by atoms with E-state index in [4.69, 9.17) is 5.73 Å². The van der Waals surface area contributed by atoms with Crippen molar-refractivity contribution in [2.75, 3.05) is 24.0 Å². The number of thioether (sulfide) groups is 1. The van der Waals surface area contributed by atoms with Crippen LogP contribution in [0.15, 0.2) is 18.2 Å². The Morgan fingerprint density at radius 2 is 2.06 bits per heavy atom. The Morgan fingerprint density at radius 1 is 1.41 bits per heavy atom. The lowest BCUT2D eigenvalue weighted by Gasteiger charge is -2.29. The molecule has 2 atom stereocenters. The summed E-state index contributed by atoms with van der Waals surface area (Å²) in [7, 11) is 1.92. The summed E-state index contributed by atoms with van der Waals surface area (Å²) in [5, 5.41) is 0. The highest BCUT2D eigenvalue weighted by Gasteiger charge is 2.18. The zero-order valence-corrected chi connectivity index (χ0v) is 11.7. The monoisotopic (exact) mass is 256 g/mol. The maximum atomic E-state index is 14.0. The molecule has 0 aliphatic heterocycles. The second kappa shape index (κ2) is 6.26. The molecule has 0 aromatic heterocycles. The van der Waals surface area contributed by atoms with Crippen LogP contribution in [0.3, 0.4) is 0 Å². The lowest BCUT2D eigenvalue weighted by Crippen LogP contribution is -2.33. The summed E-state index contributed by atoms with van der Waals surface area (Å²) >= 11 is 1.76. The zero-order chi connectivity index (χ0) is 13.0. The van der Waals surface area contributed by atoms with Crippen LogP contribution < -0.4 is 10.6 Å². The summed E-state index contributed by atoms with van der Waals surface area (Å²) < 4.78 is 14.0. The van der Waals surface area contributed by atoms with Crippen LogP contribution >= 0.6 is 11.8 Å². The first-order valence-corrected chi connectivity index (χ1v) is 7.14. The molecular weight excluding hydrogens is 235 g/mol.